The first kappa shape index (κ1) is 29.6. The molecule has 0 atom stereocenters. The van der Waals surface area contributed by atoms with Crippen molar-refractivity contribution in [3.8, 4) is 28.2 Å². The van der Waals surface area contributed by atoms with Gasteiger partial charge >= 0.3 is 0 Å². The van der Waals surface area contributed by atoms with Gasteiger partial charge in [-0.2, -0.15) is 0 Å². The molecule has 4 nitrogen and oxygen atoms in total. The summed E-state index contributed by atoms with van der Waals surface area (Å²) in [6.07, 6.45) is 0.906. The molecule has 238 valence electrons. The largest absolute Gasteiger partial charge is 0.311 e. The number of aryl methyl sites for hydroxylation is 1. The topological polar surface area (TPSA) is 34.0 Å². The SMILES string of the molecule is CCc1cccc2nc(-c3ccc(N(c4ccccc4)c4ccc(-n5c6ccccc6c6ccccc65)cc4)cc3)c(-c3ccccc3)nc12. The van der Waals surface area contributed by atoms with Crippen molar-refractivity contribution in [2.75, 3.05) is 4.90 Å². The molecule has 0 amide bonds. The van der Waals surface area contributed by atoms with Crippen LogP contribution >= 0.6 is 0 Å². The highest BCUT2D eigenvalue weighted by atomic mass is 15.1. The molecule has 9 rings (SSSR count). The Labute approximate surface area is 291 Å². The smallest absolute Gasteiger partial charge is 0.0973 e. The fourth-order valence-electron chi connectivity index (χ4n) is 7.16. The minimum absolute atomic E-state index is 0.880. The predicted molar refractivity (Wildman–Crippen MR) is 209 cm³/mol. The molecule has 2 aromatic heterocycles. The Bertz CT molecular complexity index is 2550. The number of aromatic nitrogens is 3. The second kappa shape index (κ2) is 12.5. The molecule has 0 N–H and O–H groups in total. The molecule has 0 saturated heterocycles. The van der Waals surface area contributed by atoms with Crippen LogP contribution in [0.25, 0.3) is 61.0 Å². The number of rotatable bonds is 7. The first-order valence-electron chi connectivity index (χ1n) is 17.2. The Hall–Kier alpha value is -6.52. The summed E-state index contributed by atoms with van der Waals surface area (Å²) in [4.78, 5) is 12.8. The Kier molecular flexibility index (Phi) is 7.40. The molecule has 0 aliphatic rings. The average molecular weight is 643 g/mol. The Balaban J connectivity index is 1.14. The molecule has 0 radical (unpaired) electrons. The van der Waals surface area contributed by atoms with Crippen LogP contribution in [0.2, 0.25) is 0 Å². The zero-order chi connectivity index (χ0) is 33.4. The zero-order valence-corrected chi connectivity index (χ0v) is 27.7. The van der Waals surface area contributed by atoms with Gasteiger partial charge in [0.25, 0.3) is 0 Å². The maximum Gasteiger partial charge on any atom is 0.0973 e. The lowest BCUT2D eigenvalue weighted by atomic mass is 10.0. The summed E-state index contributed by atoms with van der Waals surface area (Å²) in [5.41, 5.74) is 13.7. The van der Waals surface area contributed by atoms with Crippen molar-refractivity contribution in [1.82, 2.24) is 14.5 Å². The van der Waals surface area contributed by atoms with Crippen LogP contribution in [0, 0.1) is 0 Å². The summed E-state index contributed by atoms with van der Waals surface area (Å²) in [6, 6.07) is 62.1. The highest BCUT2D eigenvalue weighted by molar-refractivity contribution is 6.09. The van der Waals surface area contributed by atoms with E-state index >= 15 is 0 Å². The molecule has 0 bridgehead atoms. The van der Waals surface area contributed by atoms with E-state index in [0.717, 1.165) is 62.7 Å². The van der Waals surface area contributed by atoms with Gasteiger partial charge in [0.15, 0.2) is 0 Å². The van der Waals surface area contributed by atoms with E-state index in [9.17, 15) is 0 Å². The highest BCUT2D eigenvalue weighted by Crippen LogP contribution is 2.39. The van der Waals surface area contributed by atoms with Gasteiger partial charge in [-0.1, -0.05) is 116 Å². The lowest BCUT2D eigenvalue weighted by Crippen LogP contribution is -2.10. The minimum Gasteiger partial charge on any atom is -0.311 e. The van der Waals surface area contributed by atoms with Crippen molar-refractivity contribution in [1.29, 1.82) is 0 Å². The quantitative estimate of drug-likeness (QED) is 0.173. The fraction of sp³-hybridized carbons (Fsp3) is 0.0435. The molecular formula is C46H34N4. The second-order valence-electron chi connectivity index (χ2n) is 12.5. The molecule has 4 heteroatoms. The molecule has 0 unspecified atom stereocenters. The predicted octanol–water partition coefficient (Wildman–Crippen LogP) is 12.1. The van der Waals surface area contributed by atoms with Crippen LogP contribution in [0.1, 0.15) is 12.5 Å². The molecule has 0 aliphatic carbocycles. The van der Waals surface area contributed by atoms with Crippen LogP contribution in [0.3, 0.4) is 0 Å². The van der Waals surface area contributed by atoms with E-state index in [4.69, 9.17) is 9.97 Å². The third-order valence-corrected chi connectivity index (χ3v) is 9.57. The summed E-state index contributed by atoms with van der Waals surface area (Å²) < 4.78 is 2.36. The average Bonchev–Trinajstić information content (AvgIpc) is 3.53. The van der Waals surface area contributed by atoms with Crippen molar-refractivity contribution in [3.05, 3.63) is 181 Å². The number of para-hydroxylation sites is 4. The zero-order valence-electron chi connectivity index (χ0n) is 27.7. The van der Waals surface area contributed by atoms with Crippen molar-refractivity contribution in [2.24, 2.45) is 0 Å². The number of benzene rings is 7. The van der Waals surface area contributed by atoms with Gasteiger partial charge in [-0.05, 0) is 78.7 Å². The third kappa shape index (κ3) is 5.10. The van der Waals surface area contributed by atoms with Gasteiger partial charge in [0.05, 0.1) is 33.5 Å². The Morgan fingerprint density at radius 1 is 0.460 bits per heavy atom. The fourth-order valence-corrected chi connectivity index (χ4v) is 7.16. The molecule has 0 fully saturated rings. The lowest BCUT2D eigenvalue weighted by Gasteiger charge is -2.26. The number of nitrogens with zero attached hydrogens (tertiary/aromatic N) is 4. The maximum atomic E-state index is 5.24. The van der Waals surface area contributed by atoms with Crippen molar-refractivity contribution in [2.45, 2.75) is 13.3 Å². The van der Waals surface area contributed by atoms with Crippen molar-refractivity contribution < 1.29 is 0 Å². The molecule has 0 saturated carbocycles. The first-order valence-corrected chi connectivity index (χ1v) is 17.2. The summed E-state index contributed by atoms with van der Waals surface area (Å²) in [7, 11) is 0. The van der Waals surface area contributed by atoms with E-state index in [-0.39, 0.29) is 0 Å². The highest BCUT2D eigenvalue weighted by Gasteiger charge is 2.18. The summed E-state index contributed by atoms with van der Waals surface area (Å²) >= 11 is 0. The monoisotopic (exact) mass is 642 g/mol. The number of hydrogen-bond acceptors (Lipinski definition) is 3. The van der Waals surface area contributed by atoms with Crippen molar-refractivity contribution >= 4 is 49.9 Å². The van der Waals surface area contributed by atoms with Crippen LogP contribution in [-0.4, -0.2) is 14.5 Å². The van der Waals surface area contributed by atoms with Crippen LogP contribution in [0.5, 0.6) is 0 Å². The third-order valence-electron chi connectivity index (χ3n) is 9.57. The molecule has 50 heavy (non-hydrogen) atoms. The molecular weight excluding hydrogens is 609 g/mol. The van der Waals surface area contributed by atoms with Crippen LogP contribution in [0.15, 0.2) is 176 Å². The molecule has 0 spiro atoms. The number of fused-ring (bicyclic) bond motifs is 4. The van der Waals surface area contributed by atoms with Crippen LogP contribution in [-0.2, 0) is 6.42 Å². The van der Waals surface area contributed by atoms with Gasteiger partial charge in [-0.15, -0.1) is 0 Å². The number of anilines is 3. The lowest BCUT2D eigenvalue weighted by molar-refractivity contribution is 1.14. The van der Waals surface area contributed by atoms with Crippen LogP contribution < -0.4 is 4.90 Å². The number of hydrogen-bond donors (Lipinski definition) is 0. The van der Waals surface area contributed by atoms with E-state index in [2.05, 4.69) is 186 Å². The van der Waals surface area contributed by atoms with Gasteiger partial charge in [-0.25, -0.2) is 9.97 Å². The molecule has 7 aromatic carbocycles. The van der Waals surface area contributed by atoms with Gasteiger partial charge in [0, 0.05) is 44.6 Å². The summed E-state index contributed by atoms with van der Waals surface area (Å²) in [5, 5.41) is 2.52. The standard InChI is InChI=1S/C46H34N4/c1-2-32-16-13-21-41-44(32)48-46(33-14-5-3-6-15-33)45(47-41)34-24-26-36(27-25-34)49(35-17-7-4-8-18-35)37-28-30-38(31-29-37)50-42-22-11-9-19-39(42)40-20-10-12-23-43(40)50/h3-31H,2H2,1H3. The van der Waals surface area contributed by atoms with Gasteiger partial charge in [0.1, 0.15) is 0 Å². The van der Waals surface area contributed by atoms with E-state index in [1.165, 1.54) is 27.4 Å². The van der Waals surface area contributed by atoms with E-state index < -0.39 is 0 Å². The van der Waals surface area contributed by atoms with Gasteiger partial charge < -0.3 is 9.47 Å². The summed E-state index contributed by atoms with van der Waals surface area (Å²) in [5.74, 6) is 0. The minimum atomic E-state index is 0.880. The van der Waals surface area contributed by atoms with E-state index in [1.807, 2.05) is 6.07 Å². The van der Waals surface area contributed by atoms with E-state index in [1.54, 1.807) is 0 Å². The summed E-state index contributed by atoms with van der Waals surface area (Å²) in [6.45, 7) is 2.17. The normalized spacial score (nSPS) is 11.4. The van der Waals surface area contributed by atoms with Gasteiger partial charge in [-0.3, -0.25) is 0 Å². The molecule has 9 aromatic rings. The van der Waals surface area contributed by atoms with Gasteiger partial charge in [0.2, 0.25) is 0 Å². The maximum absolute atomic E-state index is 5.24. The molecule has 2 heterocycles. The van der Waals surface area contributed by atoms with E-state index in [0.29, 0.717) is 0 Å². The molecule has 0 aliphatic heterocycles. The van der Waals surface area contributed by atoms with Crippen molar-refractivity contribution in [3.63, 3.8) is 0 Å². The Morgan fingerprint density at radius 3 is 1.62 bits per heavy atom. The Morgan fingerprint density at radius 2 is 0.980 bits per heavy atom. The second-order valence-corrected chi connectivity index (χ2v) is 12.5. The first-order chi connectivity index (χ1) is 24.8. The van der Waals surface area contributed by atoms with Crippen LogP contribution in [0.4, 0.5) is 17.1 Å².